The van der Waals surface area contributed by atoms with Crippen LogP contribution in [0.15, 0.2) is 30.3 Å². The van der Waals surface area contributed by atoms with Crippen LogP contribution in [0.2, 0.25) is 0 Å². The number of nitrogens with two attached hydrogens (primary N) is 1. The zero-order chi connectivity index (χ0) is 13.5. The molecular weight excluding hydrogens is 238 g/mol. The van der Waals surface area contributed by atoms with Gasteiger partial charge in [-0.1, -0.05) is 49.6 Å². The molecule has 1 atom stereocenters. The van der Waals surface area contributed by atoms with Crippen LogP contribution in [0.25, 0.3) is 0 Å². The molecule has 1 fully saturated rings. The van der Waals surface area contributed by atoms with Crippen molar-refractivity contribution in [3.05, 3.63) is 35.9 Å². The van der Waals surface area contributed by atoms with Crippen molar-refractivity contribution in [2.75, 3.05) is 6.61 Å². The smallest absolute Gasteiger partial charge is 0.305 e. The topological polar surface area (TPSA) is 52.3 Å². The van der Waals surface area contributed by atoms with Crippen molar-refractivity contribution in [3.63, 3.8) is 0 Å². The van der Waals surface area contributed by atoms with E-state index in [0.717, 1.165) is 17.9 Å². The Bertz CT molecular complexity index is 387. The van der Waals surface area contributed by atoms with Gasteiger partial charge >= 0.3 is 5.97 Å². The van der Waals surface area contributed by atoms with Crippen molar-refractivity contribution >= 4 is 5.97 Å². The van der Waals surface area contributed by atoms with E-state index in [1.165, 1.54) is 19.3 Å². The molecule has 0 aliphatic heterocycles. The SMILES string of the molecule is NC(CCC(=O)OCCC1CCC1)c1ccccc1. The Morgan fingerprint density at radius 1 is 1.32 bits per heavy atom. The van der Waals surface area contributed by atoms with Gasteiger partial charge in [-0.05, 0) is 24.3 Å². The summed E-state index contributed by atoms with van der Waals surface area (Å²) in [6.07, 6.45) is 6.01. The van der Waals surface area contributed by atoms with Gasteiger partial charge in [0.05, 0.1) is 6.61 Å². The predicted molar refractivity (Wildman–Crippen MR) is 75.5 cm³/mol. The van der Waals surface area contributed by atoms with Gasteiger partial charge in [0.15, 0.2) is 0 Å². The summed E-state index contributed by atoms with van der Waals surface area (Å²) >= 11 is 0. The summed E-state index contributed by atoms with van der Waals surface area (Å²) in [4.78, 5) is 11.6. The van der Waals surface area contributed by atoms with Gasteiger partial charge in [0.1, 0.15) is 0 Å². The third-order valence-corrected chi connectivity index (χ3v) is 3.90. The molecule has 1 aliphatic rings. The van der Waals surface area contributed by atoms with Crippen molar-refractivity contribution in [1.29, 1.82) is 0 Å². The van der Waals surface area contributed by atoms with E-state index in [2.05, 4.69) is 0 Å². The fraction of sp³-hybridized carbons (Fsp3) is 0.562. The van der Waals surface area contributed by atoms with Crippen molar-refractivity contribution < 1.29 is 9.53 Å². The average molecular weight is 261 g/mol. The number of benzene rings is 1. The van der Waals surface area contributed by atoms with Gasteiger partial charge in [-0.2, -0.15) is 0 Å². The van der Waals surface area contributed by atoms with E-state index in [1.807, 2.05) is 30.3 Å². The quantitative estimate of drug-likeness (QED) is 0.767. The fourth-order valence-electron chi connectivity index (χ4n) is 2.33. The first-order chi connectivity index (χ1) is 9.25. The van der Waals surface area contributed by atoms with E-state index in [1.54, 1.807) is 0 Å². The summed E-state index contributed by atoms with van der Waals surface area (Å²) in [5, 5.41) is 0. The lowest BCUT2D eigenvalue weighted by molar-refractivity contribution is -0.144. The number of rotatable bonds is 7. The molecule has 0 amide bonds. The summed E-state index contributed by atoms with van der Waals surface area (Å²) in [5.74, 6) is 0.671. The maximum absolute atomic E-state index is 11.6. The van der Waals surface area contributed by atoms with Crippen LogP contribution in [0.5, 0.6) is 0 Å². The van der Waals surface area contributed by atoms with Gasteiger partial charge in [0.25, 0.3) is 0 Å². The first-order valence-electron chi connectivity index (χ1n) is 7.22. The molecule has 1 aromatic carbocycles. The monoisotopic (exact) mass is 261 g/mol. The fourth-order valence-corrected chi connectivity index (χ4v) is 2.33. The molecule has 2 rings (SSSR count). The van der Waals surface area contributed by atoms with E-state index < -0.39 is 0 Å². The Hall–Kier alpha value is -1.35. The van der Waals surface area contributed by atoms with Gasteiger partial charge in [0, 0.05) is 12.5 Å². The van der Waals surface area contributed by atoms with E-state index in [-0.39, 0.29) is 12.0 Å². The third-order valence-electron chi connectivity index (χ3n) is 3.90. The first-order valence-corrected chi connectivity index (χ1v) is 7.22. The maximum Gasteiger partial charge on any atom is 0.305 e. The molecule has 0 aromatic heterocycles. The molecular formula is C16H23NO2. The minimum atomic E-state index is -0.120. The molecule has 1 aromatic rings. The number of carbonyl (C=O) groups is 1. The van der Waals surface area contributed by atoms with E-state index in [9.17, 15) is 4.79 Å². The van der Waals surface area contributed by atoms with Crippen molar-refractivity contribution in [2.45, 2.75) is 44.6 Å². The van der Waals surface area contributed by atoms with Crippen LogP contribution in [-0.2, 0) is 9.53 Å². The minimum Gasteiger partial charge on any atom is -0.466 e. The van der Waals surface area contributed by atoms with E-state index in [0.29, 0.717) is 19.4 Å². The van der Waals surface area contributed by atoms with Gasteiger partial charge in [-0.15, -0.1) is 0 Å². The lowest BCUT2D eigenvalue weighted by Gasteiger charge is -2.24. The largest absolute Gasteiger partial charge is 0.466 e. The predicted octanol–water partition coefficient (Wildman–Crippen LogP) is 3.20. The summed E-state index contributed by atoms with van der Waals surface area (Å²) < 4.78 is 5.24. The van der Waals surface area contributed by atoms with Crippen LogP contribution in [0.4, 0.5) is 0 Å². The highest BCUT2D eigenvalue weighted by molar-refractivity contribution is 5.69. The molecule has 0 radical (unpaired) electrons. The average Bonchev–Trinajstić information content (AvgIpc) is 2.40. The lowest BCUT2D eigenvalue weighted by Crippen LogP contribution is -2.17. The van der Waals surface area contributed by atoms with Crippen LogP contribution in [0.3, 0.4) is 0 Å². The molecule has 0 spiro atoms. The van der Waals surface area contributed by atoms with Crippen LogP contribution in [-0.4, -0.2) is 12.6 Å². The Kier molecular flexibility index (Phi) is 5.40. The molecule has 1 unspecified atom stereocenters. The molecule has 0 heterocycles. The van der Waals surface area contributed by atoms with Crippen molar-refractivity contribution in [2.24, 2.45) is 11.7 Å². The number of hydrogen-bond acceptors (Lipinski definition) is 3. The molecule has 104 valence electrons. The van der Waals surface area contributed by atoms with Gasteiger partial charge in [-0.25, -0.2) is 0 Å². The zero-order valence-corrected chi connectivity index (χ0v) is 11.4. The minimum absolute atomic E-state index is 0.0830. The Morgan fingerprint density at radius 2 is 2.05 bits per heavy atom. The second-order valence-corrected chi connectivity index (χ2v) is 5.36. The summed E-state index contributed by atoms with van der Waals surface area (Å²) in [5.41, 5.74) is 7.12. The third kappa shape index (κ3) is 4.67. The van der Waals surface area contributed by atoms with Crippen LogP contribution < -0.4 is 5.73 Å². The summed E-state index contributed by atoms with van der Waals surface area (Å²) in [6.45, 7) is 0.573. The van der Waals surface area contributed by atoms with Gasteiger partial charge < -0.3 is 10.5 Å². The highest BCUT2D eigenvalue weighted by atomic mass is 16.5. The van der Waals surface area contributed by atoms with Gasteiger partial charge in [-0.3, -0.25) is 4.79 Å². The van der Waals surface area contributed by atoms with E-state index in [4.69, 9.17) is 10.5 Å². The molecule has 3 heteroatoms. The number of carbonyl (C=O) groups excluding carboxylic acids is 1. The molecule has 1 aliphatic carbocycles. The Morgan fingerprint density at radius 3 is 2.68 bits per heavy atom. The second kappa shape index (κ2) is 7.29. The highest BCUT2D eigenvalue weighted by Gasteiger charge is 2.17. The van der Waals surface area contributed by atoms with Crippen molar-refractivity contribution in [3.8, 4) is 0 Å². The Labute approximate surface area is 115 Å². The molecule has 2 N–H and O–H groups in total. The van der Waals surface area contributed by atoms with E-state index >= 15 is 0 Å². The van der Waals surface area contributed by atoms with Crippen molar-refractivity contribution in [1.82, 2.24) is 0 Å². The number of ether oxygens (including phenoxy) is 1. The van der Waals surface area contributed by atoms with Crippen LogP contribution in [0.1, 0.15) is 50.1 Å². The zero-order valence-electron chi connectivity index (χ0n) is 11.4. The standard InChI is InChI=1S/C16H23NO2/c17-15(14-7-2-1-3-8-14)9-10-16(18)19-12-11-13-5-4-6-13/h1-3,7-8,13,15H,4-6,9-12,17H2. The summed E-state index contributed by atoms with van der Waals surface area (Å²) in [6, 6.07) is 9.79. The molecule has 0 bridgehead atoms. The molecule has 0 saturated heterocycles. The first kappa shape index (κ1) is 14.1. The molecule has 1 saturated carbocycles. The lowest BCUT2D eigenvalue weighted by atomic mass is 9.83. The second-order valence-electron chi connectivity index (χ2n) is 5.36. The number of esters is 1. The highest BCUT2D eigenvalue weighted by Crippen LogP contribution is 2.29. The molecule has 3 nitrogen and oxygen atoms in total. The number of hydrogen-bond donors (Lipinski definition) is 1. The van der Waals surface area contributed by atoms with Crippen LogP contribution >= 0.6 is 0 Å². The summed E-state index contributed by atoms with van der Waals surface area (Å²) in [7, 11) is 0. The maximum atomic E-state index is 11.6. The normalized spacial score (nSPS) is 16.7. The van der Waals surface area contributed by atoms with Crippen LogP contribution in [0, 0.1) is 5.92 Å². The van der Waals surface area contributed by atoms with Gasteiger partial charge in [0.2, 0.25) is 0 Å². The Balaban J connectivity index is 1.60. The molecule has 19 heavy (non-hydrogen) atoms.